The van der Waals surface area contributed by atoms with E-state index in [0.29, 0.717) is 12.3 Å². The summed E-state index contributed by atoms with van der Waals surface area (Å²) in [6, 6.07) is 2.39. The van der Waals surface area contributed by atoms with E-state index >= 15 is 0 Å². The second kappa shape index (κ2) is 4.03. The molecule has 88 valence electrons. The van der Waals surface area contributed by atoms with Crippen molar-refractivity contribution in [2.24, 2.45) is 0 Å². The Morgan fingerprint density at radius 1 is 1.44 bits per heavy atom. The van der Waals surface area contributed by atoms with Gasteiger partial charge in [-0.3, -0.25) is 0 Å². The van der Waals surface area contributed by atoms with E-state index in [4.69, 9.17) is 4.74 Å². The minimum atomic E-state index is -4.40. The first-order chi connectivity index (χ1) is 7.52. The average molecular weight is 232 g/mol. The maximum Gasteiger partial charge on any atom is 0.433 e. The molecule has 0 spiro atoms. The first-order valence-electron chi connectivity index (χ1n) is 4.84. The Hall–Kier alpha value is -1.14. The van der Waals surface area contributed by atoms with Crippen molar-refractivity contribution in [2.75, 3.05) is 13.7 Å². The van der Waals surface area contributed by atoms with Crippen LogP contribution in [0.15, 0.2) is 12.1 Å². The minimum Gasteiger partial charge on any atom is -0.373 e. The van der Waals surface area contributed by atoms with Crippen molar-refractivity contribution in [1.82, 2.24) is 10.3 Å². The van der Waals surface area contributed by atoms with Crippen LogP contribution in [0.25, 0.3) is 0 Å². The molecule has 3 nitrogen and oxygen atoms in total. The predicted octanol–water partition coefficient (Wildman–Crippen LogP) is 1.89. The van der Waals surface area contributed by atoms with E-state index in [1.54, 1.807) is 7.05 Å². The standard InChI is InChI=1S/C10H11F3N2O/c1-14-7-4-16-5-8-6(7)2-3-9(15-8)10(11,12)13/h2-3,7,14H,4-5H2,1H3/t7-/m0/s1. The molecule has 2 rings (SSSR count). The van der Waals surface area contributed by atoms with Gasteiger partial charge in [-0.05, 0) is 18.7 Å². The van der Waals surface area contributed by atoms with Gasteiger partial charge >= 0.3 is 6.18 Å². The normalized spacial score (nSPS) is 20.6. The molecule has 1 aromatic heterocycles. The fourth-order valence-corrected chi connectivity index (χ4v) is 1.70. The quantitative estimate of drug-likeness (QED) is 0.802. The van der Waals surface area contributed by atoms with Crippen LogP contribution in [0.4, 0.5) is 13.2 Å². The molecule has 1 aliphatic rings. The van der Waals surface area contributed by atoms with Crippen LogP contribution in [0.2, 0.25) is 0 Å². The van der Waals surface area contributed by atoms with Gasteiger partial charge < -0.3 is 10.1 Å². The molecule has 0 amide bonds. The van der Waals surface area contributed by atoms with Crippen LogP contribution in [-0.4, -0.2) is 18.6 Å². The van der Waals surface area contributed by atoms with Gasteiger partial charge in [0.05, 0.1) is 24.9 Å². The van der Waals surface area contributed by atoms with Crippen molar-refractivity contribution in [3.8, 4) is 0 Å². The molecule has 1 aromatic rings. The minimum absolute atomic E-state index is 0.0847. The van der Waals surface area contributed by atoms with Crippen molar-refractivity contribution in [3.05, 3.63) is 29.1 Å². The van der Waals surface area contributed by atoms with Crippen LogP contribution in [0.1, 0.15) is 23.0 Å². The molecule has 1 N–H and O–H groups in total. The summed E-state index contributed by atoms with van der Waals surface area (Å²) < 4.78 is 42.4. The van der Waals surface area contributed by atoms with Gasteiger partial charge in [0.2, 0.25) is 0 Å². The fourth-order valence-electron chi connectivity index (χ4n) is 1.70. The van der Waals surface area contributed by atoms with Crippen LogP contribution < -0.4 is 5.32 Å². The third-order valence-corrected chi connectivity index (χ3v) is 2.55. The zero-order chi connectivity index (χ0) is 11.8. The van der Waals surface area contributed by atoms with Crippen LogP contribution >= 0.6 is 0 Å². The highest BCUT2D eigenvalue weighted by molar-refractivity contribution is 5.28. The summed E-state index contributed by atoms with van der Waals surface area (Å²) in [5, 5.41) is 2.97. The molecule has 1 aliphatic heterocycles. The van der Waals surface area contributed by atoms with E-state index in [1.165, 1.54) is 6.07 Å². The second-order valence-corrected chi connectivity index (χ2v) is 3.59. The van der Waals surface area contributed by atoms with Crippen molar-refractivity contribution >= 4 is 0 Å². The predicted molar refractivity (Wildman–Crippen MR) is 50.7 cm³/mol. The van der Waals surface area contributed by atoms with E-state index < -0.39 is 11.9 Å². The van der Waals surface area contributed by atoms with Crippen molar-refractivity contribution in [3.63, 3.8) is 0 Å². The zero-order valence-electron chi connectivity index (χ0n) is 8.64. The van der Waals surface area contributed by atoms with Gasteiger partial charge in [0, 0.05) is 0 Å². The lowest BCUT2D eigenvalue weighted by Crippen LogP contribution is -2.28. The molecule has 16 heavy (non-hydrogen) atoms. The van der Waals surface area contributed by atoms with E-state index in [9.17, 15) is 13.2 Å². The van der Waals surface area contributed by atoms with Crippen LogP contribution in [-0.2, 0) is 17.5 Å². The maximum absolute atomic E-state index is 12.4. The van der Waals surface area contributed by atoms with Gasteiger partial charge in [0.1, 0.15) is 5.69 Å². The number of nitrogens with one attached hydrogen (secondary N) is 1. The summed E-state index contributed by atoms with van der Waals surface area (Å²) in [7, 11) is 1.74. The molecular weight excluding hydrogens is 221 g/mol. The van der Waals surface area contributed by atoms with Gasteiger partial charge in [-0.15, -0.1) is 0 Å². The Kier molecular flexibility index (Phi) is 2.86. The number of ether oxygens (including phenoxy) is 1. The Balaban J connectivity index is 2.39. The topological polar surface area (TPSA) is 34.1 Å². The number of alkyl halides is 3. The Labute approximate surface area is 90.6 Å². The number of nitrogens with zero attached hydrogens (tertiary/aromatic N) is 1. The summed E-state index contributed by atoms with van der Waals surface area (Å²) in [6.45, 7) is 0.591. The SMILES string of the molecule is CN[C@H]1COCc2nc(C(F)(F)F)ccc21. The highest BCUT2D eigenvalue weighted by Gasteiger charge is 2.34. The van der Waals surface area contributed by atoms with Gasteiger partial charge in [0.25, 0.3) is 0 Å². The maximum atomic E-state index is 12.4. The largest absolute Gasteiger partial charge is 0.433 e. The smallest absolute Gasteiger partial charge is 0.373 e. The number of likely N-dealkylation sites (N-methyl/N-ethyl adjacent to an activating group) is 1. The second-order valence-electron chi connectivity index (χ2n) is 3.59. The highest BCUT2D eigenvalue weighted by Crippen LogP contribution is 2.31. The third kappa shape index (κ3) is 2.03. The van der Waals surface area contributed by atoms with Crippen LogP contribution in [0, 0.1) is 0 Å². The molecule has 1 atom stereocenters. The van der Waals surface area contributed by atoms with E-state index in [0.717, 1.165) is 11.6 Å². The van der Waals surface area contributed by atoms with E-state index in [1.807, 2.05) is 0 Å². The molecule has 0 saturated heterocycles. The average Bonchev–Trinajstić information content (AvgIpc) is 2.26. The number of fused-ring (bicyclic) bond motifs is 1. The molecule has 6 heteroatoms. The van der Waals surface area contributed by atoms with Crippen LogP contribution in [0.5, 0.6) is 0 Å². The first kappa shape index (κ1) is 11.3. The van der Waals surface area contributed by atoms with Gasteiger partial charge in [0.15, 0.2) is 0 Å². The monoisotopic (exact) mass is 232 g/mol. The molecule has 0 fully saturated rings. The molecule has 0 aromatic carbocycles. The summed E-state index contributed by atoms with van der Waals surface area (Å²) in [5.74, 6) is 0. The number of halogens is 3. The summed E-state index contributed by atoms with van der Waals surface area (Å²) in [5.41, 5.74) is 0.272. The lowest BCUT2D eigenvalue weighted by Gasteiger charge is -2.25. The lowest BCUT2D eigenvalue weighted by molar-refractivity contribution is -0.141. The summed E-state index contributed by atoms with van der Waals surface area (Å²) >= 11 is 0. The number of pyridine rings is 1. The molecule has 0 radical (unpaired) electrons. The molecular formula is C10H11F3N2O. The molecule has 0 unspecified atom stereocenters. The molecule has 2 heterocycles. The Morgan fingerprint density at radius 3 is 2.81 bits per heavy atom. The number of hydrogen-bond acceptors (Lipinski definition) is 3. The fraction of sp³-hybridized carbons (Fsp3) is 0.500. The lowest BCUT2D eigenvalue weighted by atomic mass is 10.0. The highest BCUT2D eigenvalue weighted by atomic mass is 19.4. The van der Waals surface area contributed by atoms with Gasteiger partial charge in [-0.2, -0.15) is 13.2 Å². The molecule has 0 aliphatic carbocycles. The van der Waals surface area contributed by atoms with Gasteiger partial charge in [-0.1, -0.05) is 6.07 Å². The molecule has 0 saturated carbocycles. The number of aromatic nitrogens is 1. The summed E-state index contributed by atoms with van der Waals surface area (Å²) in [4.78, 5) is 3.59. The van der Waals surface area contributed by atoms with Crippen molar-refractivity contribution < 1.29 is 17.9 Å². The Bertz CT molecular complexity index is 392. The third-order valence-electron chi connectivity index (χ3n) is 2.55. The Morgan fingerprint density at radius 2 is 2.19 bits per heavy atom. The van der Waals surface area contributed by atoms with Gasteiger partial charge in [-0.25, -0.2) is 4.98 Å². The number of rotatable bonds is 1. The van der Waals surface area contributed by atoms with Crippen molar-refractivity contribution in [2.45, 2.75) is 18.8 Å². The first-order valence-corrected chi connectivity index (χ1v) is 4.84. The van der Waals surface area contributed by atoms with Crippen LogP contribution in [0.3, 0.4) is 0 Å². The summed E-state index contributed by atoms with van der Waals surface area (Å²) in [6.07, 6.45) is -4.40. The van der Waals surface area contributed by atoms with Crippen molar-refractivity contribution in [1.29, 1.82) is 0 Å². The number of hydrogen-bond donors (Lipinski definition) is 1. The van der Waals surface area contributed by atoms with E-state index in [2.05, 4.69) is 10.3 Å². The zero-order valence-corrected chi connectivity index (χ0v) is 8.64. The molecule has 0 bridgehead atoms. The van der Waals surface area contributed by atoms with E-state index in [-0.39, 0.29) is 12.6 Å².